The monoisotopic (exact) mass is 234 g/mol. The van der Waals surface area contributed by atoms with Gasteiger partial charge in [-0.2, -0.15) is 0 Å². The molecule has 1 atom stereocenters. The topological polar surface area (TPSA) is 45.4 Å². The lowest BCUT2D eigenvalue weighted by atomic mass is 10.1. The Hall–Kier alpha value is -1.29. The first-order chi connectivity index (χ1) is 8.06. The second-order valence-corrected chi connectivity index (χ2v) is 5.22. The average molecular weight is 234 g/mol. The number of nitrogens with two attached hydrogens (primary N) is 1. The maximum Gasteiger partial charge on any atom is 0.151 e. The van der Waals surface area contributed by atoms with E-state index in [1.165, 1.54) is 19.5 Å². The van der Waals surface area contributed by atoms with E-state index in [1.807, 2.05) is 19.2 Å². The molecule has 0 aromatic carbocycles. The van der Waals surface area contributed by atoms with Gasteiger partial charge in [-0.15, -0.1) is 0 Å². The normalized spacial score (nSPS) is 20.8. The van der Waals surface area contributed by atoms with E-state index in [-0.39, 0.29) is 0 Å². The second kappa shape index (κ2) is 4.92. The average Bonchev–Trinajstić information content (AvgIpc) is 2.63. The third kappa shape index (κ3) is 2.88. The molecular weight excluding hydrogens is 212 g/mol. The van der Waals surface area contributed by atoms with Crippen molar-refractivity contribution in [3.8, 4) is 0 Å². The van der Waals surface area contributed by atoms with Gasteiger partial charge in [0.25, 0.3) is 0 Å². The molecule has 94 valence electrons. The van der Waals surface area contributed by atoms with Crippen LogP contribution in [0.15, 0.2) is 12.3 Å². The highest BCUT2D eigenvalue weighted by atomic mass is 15.2. The van der Waals surface area contributed by atoms with Crippen molar-refractivity contribution in [2.24, 2.45) is 5.92 Å². The summed E-state index contributed by atoms with van der Waals surface area (Å²) in [7, 11) is 4.25. The first-order valence-electron chi connectivity index (χ1n) is 6.18. The van der Waals surface area contributed by atoms with Crippen LogP contribution in [-0.4, -0.2) is 43.6 Å². The second-order valence-electron chi connectivity index (χ2n) is 5.22. The predicted molar refractivity (Wildman–Crippen MR) is 72.3 cm³/mol. The molecule has 0 aliphatic carbocycles. The minimum Gasteiger partial charge on any atom is -0.396 e. The van der Waals surface area contributed by atoms with E-state index in [4.69, 9.17) is 5.73 Å². The first-order valence-corrected chi connectivity index (χ1v) is 6.18. The van der Waals surface area contributed by atoms with Crippen molar-refractivity contribution < 1.29 is 0 Å². The van der Waals surface area contributed by atoms with Crippen molar-refractivity contribution in [1.29, 1.82) is 0 Å². The molecule has 2 N–H and O–H groups in total. The van der Waals surface area contributed by atoms with E-state index in [2.05, 4.69) is 28.9 Å². The smallest absolute Gasteiger partial charge is 0.151 e. The summed E-state index contributed by atoms with van der Waals surface area (Å²) in [6, 6.07) is 1.99. The Balaban J connectivity index is 2.01. The van der Waals surface area contributed by atoms with Crippen molar-refractivity contribution in [3.05, 3.63) is 17.8 Å². The number of aromatic nitrogens is 1. The molecule has 1 aromatic heterocycles. The Morgan fingerprint density at radius 2 is 2.35 bits per heavy atom. The summed E-state index contributed by atoms with van der Waals surface area (Å²) in [5, 5.41) is 0. The number of hydrogen-bond donors (Lipinski definition) is 1. The zero-order valence-corrected chi connectivity index (χ0v) is 11.0. The SMILES string of the molecule is Cc1cnc(N(C)CC2CCN(C)C2)c(N)c1. The fourth-order valence-electron chi connectivity index (χ4n) is 2.55. The maximum atomic E-state index is 6.01. The number of pyridine rings is 1. The molecule has 0 saturated carbocycles. The lowest BCUT2D eigenvalue weighted by molar-refractivity contribution is 0.395. The molecule has 4 nitrogen and oxygen atoms in total. The van der Waals surface area contributed by atoms with E-state index >= 15 is 0 Å². The van der Waals surface area contributed by atoms with Gasteiger partial charge in [-0.25, -0.2) is 4.98 Å². The largest absolute Gasteiger partial charge is 0.396 e. The van der Waals surface area contributed by atoms with Crippen molar-refractivity contribution in [3.63, 3.8) is 0 Å². The summed E-state index contributed by atoms with van der Waals surface area (Å²) >= 11 is 0. The Bertz CT molecular complexity index is 391. The molecule has 1 aliphatic rings. The first kappa shape index (κ1) is 12.2. The minimum absolute atomic E-state index is 0.729. The number of nitrogen functional groups attached to an aromatic ring is 1. The fourth-order valence-corrected chi connectivity index (χ4v) is 2.55. The molecular formula is C13H22N4. The van der Waals surface area contributed by atoms with Crippen LogP contribution in [0, 0.1) is 12.8 Å². The lowest BCUT2D eigenvalue weighted by Gasteiger charge is -2.23. The number of anilines is 2. The predicted octanol–water partition coefficient (Wildman–Crippen LogP) is 1.36. The molecule has 0 amide bonds. The Morgan fingerprint density at radius 1 is 1.59 bits per heavy atom. The van der Waals surface area contributed by atoms with Crippen LogP contribution in [-0.2, 0) is 0 Å². The molecule has 0 radical (unpaired) electrons. The van der Waals surface area contributed by atoms with Crippen molar-refractivity contribution in [2.45, 2.75) is 13.3 Å². The van der Waals surface area contributed by atoms with Crippen LogP contribution in [0.25, 0.3) is 0 Å². The van der Waals surface area contributed by atoms with Crippen LogP contribution in [0.4, 0.5) is 11.5 Å². The summed E-state index contributed by atoms with van der Waals surface area (Å²) < 4.78 is 0. The van der Waals surface area contributed by atoms with Crippen LogP contribution in [0.1, 0.15) is 12.0 Å². The number of hydrogen-bond acceptors (Lipinski definition) is 4. The van der Waals surface area contributed by atoms with Gasteiger partial charge in [-0.3, -0.25) is 0 Å². The maximum absolute atomic E-state index is 6.01. The molecule has 4 heteroatoms. The molecule has 2 rings (SSSR count). The van der Waals surface area contributed by atoms with Gasteiger partial charge in [0, 0.05) is 26.3 Å². The van der Waals surface area contributed by atoms with Gasteiger partial charge in [-0.05, 0) is 44.5 Å². The molecule has 0 bridgehead atoms. The van der Waals surface area contributed by atoms with E-state index in [1.54, 1.807) is 0 Å². The number of likely N-dealkylation sites (tertiary alicyclic amines) is 1. The van der Waals surface area contributed by atoms with E-state index < -0.39 is 0 Å². The van der Waals surface area contributed by atoms with Crippen LogP contribution in [0.3, 0.4) is 0 Å². The van der Waals surface area contributed by atoms with Crippen LogP contribution in [0.5, 0.6) is 0 Å². The molecule has 2 heterocycles. The summed E-state index contributed by atoms with van der Waals surface area (Å²) in [5.41, 5.74) is 7.90. The molecule has 1 aromatic rings. The quantitative estimate of drug-likeness (QED) is 0.858. The summed E-state index contributed by atoms with van der Waals surface area (Å²) in [5.74, 6) is 1.64. The van der Waals surface area contributed by atoms with Gasteiger partial charge in [0.15, 0.2) is 5.82 Å². The highest BCUT2D eigenvalue weighted by molar-refractivity contribution is 5.62. The Morgan fingerprint density at radius 3 is 2.94 bits per heavy atom. The highest BCUT2D eigenvalue weighted by Crippen LogP contribution is 2.23. The third-order valence-corrected chi connectivity index (χ3v) is 3.41. The molecule has 17 heavy (non-hydrogen) atoms. The molecule has 1 unspecified atom stereocenters. The number of nitrogens with zero attached hydrogens (tertiary/aromatic N) is 3. The summed E-state index contributed by atoms with van der Waals surface area (Å²) in [4.78, 5) is 8.98. The lowest BCUT2D eigenvalue weighted by Crippen LogP contribution is -2.28. The molecule has 1 fully saturated rings. The number of rotatable bonds is 3. The van der Waals surface area contributed by atoms with Crippen LogP contribution >= 0.6 is 0 Å². The van der Waals surface area contributed by atoms with Crippen LogP contribution < -0.4 is 10.6 Å². The zero-order valence-electron chi connectivity index (χ0n) is 11.0. The number of aryl methyl sites for hydroxylation is 1. The van der Waals surface area contributed by atoms with E-state index in [0.29, 0.717) is 0 Å². The van der Waals surface area contributed by atoms with Crippen LogP contribution in [0.2, 0.25) is 0 Å². The van der Waals surface area contributed by atoms with E-state index in [9.17, 15) is 0 Å². The van der Waals surface area contributed by atoms with Gasteiger partial charge in [0.2, 0.25) is 0 Å². The molecule has 1 aliphatic heterocycles. The summed E-state index contributed by atoms with van der Waals surface area (Å²) in [6.07, 6.45) is 3.15. The van der Waals surface area contributed by atoms with Crippen molar-refractivity contribution in [2.75, 3.05) is 44.4 Å². The molecule has 0 spiro atoms. The summed E-state index contributed by atoms with van der Waals surface area (Å²) in [6.45, 7) is 5.43. The minimum atomic E-state index is 0.729. The molecule has 1 saturated heterocycles. The van der Waals surface area contributed by atoms with Gasteiger partial charge in [0.05, 0.1) is 5.69 Å². The third-order valence-electron chi connectivity index (χ3n) is 3.41. The Kier molecular flexibility index (Phi) is 3.52. The Labute approximate surface area is 103 Å². The van der Waals surface area contributed by atoms with Crippen molar-refractivity contribution in [1.82, 2.24) is 9.88 Å². The van der Waals surface area contributed by atoms with Gasteiger partial charge in [0.1, 0.15) is 0 Å². The van der Waals surface area contributed by atoms with Gasteiger partial charge in [-0.1, -0.05) is 0 Å². The standard InChI is InChI=1S/C13H22N4/c1-10-6-12(14)13(15-7-10)17(3)9-11-4-5-16(2)8-11/h6-7,11H,4-5,8-9,14H2,1-3H3. The van der Waals surface area contributed by atoms with Crippen molar-refractivity contribution >= 4 is 11.5 Å². The zero-order chi connectivity index (χ0) is 12.4. The van der Waals surface area contributed by atoms with Gasteiger partial charge < -0.3 is 15.5 Å². The van der Waals surface area contributed by atoms with Gasteiger partial charge >= 0.3 is 0 Å². The van der Waals surface area contributed by atoms with E-state index in [0.717, 1.165) is 29.5 Å². The fraction of sp³-hybridized carbons (Fsp3) is 0.615. The highest BCUT2D eigenvalue weighted by Gasteiger charge is 2.21.